The van der Waals surface area contributed by atoms with Crippen LogP contribution in [0.4, 0.5) is 0 Å². The first-order valence-corrected chi connectivity index (χ1v) is 6.03. The van der Waals surface area contributed by atoms with E-state index in [0.29, 0.717) is 12.8 Å². The van der Waals surface area contributed by atoms with Gasteiger partial charge in [0.2, 0.25) is 0 Å². The summed E-state index contributed by atoms with van der Waals surface area (Å²) in [6, 6.07) is 3.60. The molecule has 0 saturated heterocycles. The molecule has 1 aromatic rings. The van der Waals surface area contributed by atoms with Gasteiger partial charge in [-0.2, -0.15) is 0 Å². The van der Waals surface area contributed by atoms with Crippen LogP contribution in [0.1, 0.15) is 30.6 Å². The maximum atomic E-state index is 11.6. The number of hydrogen-bond donors (Lipinski definition) is 2. The van der Waals surface area contributed by atoms with Crippen LogP contribution in [0.3, 0.4) is 0 Å². The van der Waals surface area contributed by atoms with Crippen LogP contribution in [0.15, 0.2) is 30.9 Å². The number of phenols is 2. The lowest BCUT2D eigenvalue weighted by molar-refractivity contribution is -0.137. The monoisotopic (exact) mass is 296 g/mol. The van der Waals surface area contributed by atoms with Crippen molar-refractivity contribution in [3.8, 4) is 11.5 Å². The Hall–Kier alpha value is -2.50. The summed E-state index contributed by atoms with van der Waals surface area (Å²) in [4.78, 5) is 22.3. The Kier molecular flexibility index (Phi) is 8.29. The number of carbonyl (C=O) groups excluding carboxylic acids is 2. The van der Waals surface area contributed by atoms with Crippen LogP contribution < -0.4 is 0 Å². The summed E-state index contributed by atoms with van der Waals surface area (Å²) < 4.78 is 9.67. The Morgan fingerprint density at radius 2 is 1.76 bits per heavy atom. The Morgan fingerprint density at radius 1 is 1.14 bits per heavy atom. The first kappa shape index (κ1) is 18.5. The molecule has 0 aliphatic rings. The Morgan fingerprint density at radius 3 is 2.38 bits per heavy atom. The van der Waals surface area contributed by atoms with E-state index in [1.165, 1.54) is 12.1 Å². The summed E-state index contributed by atoms with van der Waals surface area (Å²) in [5.74, 6) is -1.60. The number of hydrogen-bond acceptors (Lipinski definition) is 6. The van der Waals surface area contributed by atoms with Crippen molar-refractivity contribution >= 4 is 11.9 Å². The molecular formula is C15H20O6. The molecule has 0 saturated carbocycles. The average Bonchev–Trinajstić information content (AvgIpc) is 2.44. The number of unbranched alkanes of at least 4 members (excludes halogenated alkanes) is 1. The number of benzene rings is 1. The molecule has 116 valence electrons. The van der Waals surface area contributed by atoms with E-state index in [0.717, 1.165) is 12.1 Å². The molecule has 6 heteroatoms. The molecule has 1 rings (SSSR count). The minimum absolute atomic E-state index is 0. The molecule has 1 aromatic carbocycles. The Balaban J connectivity index is 0.00000400. The molecule has 0 heterocycles. The zero-order valence-electron chi connectivity index (χ0n) is 10.9. The summed E-state index contributed by atoms with van der Waals surface area (Å²) in [5.41, 5.74) is -0.0944. The van der Waals surface area contributed by atoms with E-state index in [1.807, 2.05) is 0 Å². The number of esters is 2. The number of phenolic OH excluding ortho intramolecular Hbond substituents is 2. The first-order valence-electron chi connectivity index (χ1n) is 6.03. The molecule has 0 radical (unpaired) electrons. The zero-order valence-corrected chi connectivity index (χ0v) is 10.9. The standard InChI is InChI=1S/C14H16O6.CH4/c1-2-13(17)19-7-3-4-8-20-14(18)11-9-10(15)5-6-12(11)16;/h2,5-6,9,15-16H,1,3-4,7-8H2;1H4. The lowest BCUT2D eigenvalue weighted by Gasteiger charge is -2.07. The van der Waals surface area contributed by atoms with Gasteiger partial charge in [-0.25, -0.2) is 9.59 Å². The van der Waals surface area contributed by atoms with Gasteiger partial charge in [0, 0.05) is 6.08 Å². The zero-order chi connectivity index (χ0) is 15.0. The highest BCUT2D eigenvalue weighted by Gasteiger charge is 2.13. The summed E-state index contributed by atoms with van der Waals surface area (Å²) in [5, 5.41) is 18.7. The van der Waals surface area contributed by atoms with E-state index in [2.05, 4.69) is 6.58 Å². The lowest BCUT2D eigenvalue weighted by Crippen LogP contribution is -2.08. The second-order valence-corrected chi connectivity index (χ2v) is 3.92. The number of carbonyl (C=O) groups is 2. The fraction of sp³-hybridized carbons (Fsp3) is 0.333. The third-order valence-corrected chi connectivity index (χ3v) is 2.38. The maximum absolute atomic E-state index is 11.6. The fourth-order valence-corrected chi connectivity index (χ4v) is 1.37. The molecular weight excluding hydrogens is 276 g/mol. The van der Waals surface area contributed by atoms with Crippen LogP contribution in [0.5, 0.6) is 11.5 Å². The normalized spacial score (nSPS) is 9.33. The van der Waals surface area contributed by atoms with Crippen molar-refractivity contribution in [3.05, 3.63) is 36.4 Å². The van der Waals surface area contributed by atoms with E-state index >= 15 is 0 Å². The molecule has 0 unspecified atom stereocenters. The van der Waals surface area contributed by atoms with Crippen molar-refractivity contribution in [2.75, 3.05) is 13.2 Å². The predicted molar refractivity (Wildman–Crippen MR) is 77.2 cm³/mol. The third-order valence-electron chi connectivity index (χ3n) is 2.38. The first-order chi connectivity index (χ1) is 9.54. The van der Waals surface area contributed by atoms with Gasteiger partial charge in [0.15, 0.2) is 0 Å². The summed E-state index contributed by atoms with van der Waals surface area (Å²) in [7, 11) is 0. The van der Waals surface area contributed by atoms with Crippen LogP contribution in [0.2, 0.25) is 0 Å². The van der Waals surface area contributed by atoms with Gasteiger partial charge in [-0.1, -0.05) is 14.0 Å². The van der Waals surface area contributed by atoms with E-state index in [1.54, 1.807) is 0 Å². The Labute approximate surface area is 123 Å². The molecule has 0 fully saturated rings. The van der Waals surface area contributed by atoms with Crippen molar-refractivity contribution in [2.24, 2.45) is 0 Å². The summed E-state index contributed by atoms with van der Waals surface area (Å²) in [6.45, 7) is 3.61. The molecule has 2 N–H and O–H groups in total. The van der Waals surface area contributed by atoms with Crippen LogP contribution in [-0.4, -0.2) is 35.4 Å². The van der Waals surface area contributed by atoms with Gasteiger partial charge in [-0.15, -0.1) is 0 Å². The van der Waals surface area contributed by atoms with Crippen LogP contribution >= 0.6 is 0 Å². The average molecular weight is 296 g/mol. The molecule has 0 aliphatic carbocycles. The largest absolute Gasteiger partial charge is 0.508 e. The number of ether oxygens (including phenoxy) is 2. The highest BCUT2D eigenvalue weighted by atomic mass is 16.5. The molecule has 6 nitrogen and oxygen atoms in total. The lowest BCUT2D eigenvalue weighted by atomic mass is 10.2. The van der Waals surface area contributed by atoms with Crippen molar-refractivity contribution in [1.29, 1.82) is 0 Å². The van der Waals surface area contributed by atoms with Crippen LogP contribution in [-0.2, 0) is 14.3 Å². The van der Waals surface area contributed by atoms with Gasteiger partial charge in [-0.05, 0) is 31.0 Å². The highest BCUT2D eigenvalue weighted by molar-refractivity contribution is 5.92. The van der Waals surface area contributed by atoms with Gasteiger partial charge in [0.25, 0.3) is 0 Å². The van der Waals surface area contributed by atoms with Crippen LogP contribution in [0, 0.1) is 0 Å². The van der Waals surface area contributed by atoms with Gasteiger partial charge in [-0.3, -0.25) is 0 Å². The minimum Gasteiger partial charge on any atom is -0.508 e. The molecule has 0 atom stereocenters. The van der Waals surface area contributed by atoms with Gasteiger partial charge in [0.1, 0.15) is 17.1 Å². The van der Waals surface area contributed by atoms with Crippen molar-refractivity contribution < 1.29 is 29.3 Å². The molecule has 0 aliphatic heterocycles. The molecule has 0 bridgehead atoms. The number of aromatic hydroxyl groups is 2. The van der Waals surface area contributed by atoms with Gasteiger partial charge in [0.05, 0.1) is 13.2 Å². The van der Waals surface area contributed by atoms with Gasteiger partial charge >= 0.3 is 11.9 Å². The molecule has 21 heavy (non-hydrogen) atoms. The van der Waals surface area contributed by atoms with Crippen molar-refractivity contribution in [1.82, 2.24) is 0 Å². The van der Waals surface area contributed by atoms with Crippen LogP contribution in [0.25, 0.3) is 0 Å². The van der Waals surface area contributed by atoms with Crippen molar-refractivity contribution in [2.45, 2.75) is 20.3 Å². The van der Waals surface area contributed by atoms with E-state index in [4.69, 9.17) is 9.47 Å². The summed E-state index contributed by atoms with van der Waals surface area (Å²) >= 11 is 0. The third kappa shape index (κ3) is 6.47. The SMILES string of the molecule is C.C=CC(=O)OCCCCOC(=O)c1cc(O)ccc1O. The predicted octanol–water partition coefficient (Wildman–Crippen LogP) is 2.40. The Bertz CT molecular complexity index is 495. The maximum Gasteiger partial charge on any atom is 0.342 e. The molecule has 0 aromatic heterocycles. The number of rotatable bonds is 7. The fourth-order valence-electron chi connectivity index (χ4n) is 1.37. The minimum atomic E-state index is -0.721. The molecule has 0 amide bonds. The summed E-state index contributed by atoms with van der Waals surface area (Å²) in [6.07, 6.45) is 2.12. The highest BCUT2D eigenvalue weighted by Crippen LogP contribution is 2.22. The van der Waals surface area contributed by atoms with E-state index < -0.39 is 11.9 Å². The second-order valence-electron chi connectivity index (χ2n) is 3.92. The van der Waals surface area contributed by atoms with Crippen molar-refractivity contribution in [3.63, 3.8) is 0 Å². The molecule has 0 spiro atoms. The quantitative estimate of drug-likeness (QED) is 0.347. The van der Waals surface area contributed by atoms with Gasteiger partial charge < -0.3 is 19.7 Å². The topological polar surface area (TPSA) is 93.1 Å². The van der Waals surface area contributed by atoms with E-state index in [-0.39, 0.29) is 37.7 Å². The smallest absolute Gasteiger partial charge is 0.342 e. The van der Waals surface area contributed by atoms with E-state index in [9.17, 15) is 19.8 Å². The second kappa shape index (κ2) is 9.41.